The van der Waals surface area contributed by atoms with Gasteiger partial charge in [-0.1, -0.05) is 25.5 Å². The molecule has 18 heavy (non-hydrogen) atoms. The van der Waals surface area contributed by atoms with Crippen LogP contribution in [-0.2, 0) is 6.42 Å². The number of benzene rings is 2. The van der Waals surface area contributed by atoms with Gasteiger partial charge in [-0.3, -0.25) is 0 Å². The normalized spacial score (nSPS) is 10.3. The van der Waals surface area contributed by atoms with E-state index < -0.39 is 0 Å². The van der Waals surface area contributed by atoms with Gasteiger partial charge in [0.1, 0.15) is 11.5 Å². The molecule has 0 saturated heterocycles. The molecule has 3 nitrogen and oxygen atoms in total. The molecule has 0 radical (unpaired) electrons. The molecule has 0 aliphatic carbocycles. The van der Waals surface area contributed by atoms with Gasteiger partial charge >= 0.3 is 0 Å². The van der Waals surface area contributed by atoms with Crippen molar-refractivity contribution in [2.24, 2.45) is 0 Å². The van der Waals surface area contributed by atoms with Gasteiger partial charge in [0.25, 0.3) is 0 Å². The second kappa shape index (κ2) is 5.45. The van der Waals surface area contributed by atoms with Gasteiger partial charge in [-0.2, -0.15) is 0 Å². The third-order valence-electron chi connectivity index (χ3n) is 2.76. The summed E-state index contributed by atoms with van der Waals surface area (Å²) in [6.07, 6.45) is 2.24. The zero-order valence-electron chi connectivity index (χ0n) is 10.5. The van der Waals surface area contributed by atoms with Crippen LogP contribution in [0.2, 0.25) is 0 Å². The number of anilines is 2. The maximum Gasteiger partial charge on any atom is 0.129 e. The highest BCUT2D eigenvalue weighted by Crippen LogP contribution is 2.26. The molecule has 0 aliphatic heterocycles. The first-order valence-corrected chi connectivity index (χ1v) is 6.11. The molecule has 0 amide bonds. The highest BCUT2D eigenvalue weighted by molar-refractivity contribution is 5.65. The van der Waals surface area contributed by atoms with Crippen LogP contribution in [0.1, 0.15) is 18.9 Å². The first kappa shape index (κ1) is 12.3. The van der Waals surface area contributed by atoms with Crippen LogP contribution < -0.4 is 16.2 Å². The molecule has 2 aromatic carbocycles. The van der Waals surface area contributed by atoms with Crippen molar-refractivity contribution in [1.29, 1.82) is 0 Å². The zero-order valence-corrected chi connectivity index (χ0v) is 10.5. The average molecular weight is 242 g/mol. The Balaban J connectivity index is 2.10. The predicted molar refractivity (Wildman–Crippen MR) is 75.8 cm³/mol. The van der Waals surface area contributed by atoms with E-state index in [0.29, 0.717) is 17.1 Å². The third-order valence-corrected chi connectivity index (χ3v) is 2.76. The molecular formula is C15H18N2O. The number of hydrogen-bond donors (Lipinski definition) is 2. The van der Waals surface area contributed by atoms with E-state index in [0.717, 1.165) is 18.6 Å². The Labute approximate surface area is 107 Å². The summed E-state index contributed by atoms with van der Waals surface area (Å²) in [7, 11) is 0. The molecule has 0 spiro atoms. The fraction of sp³-hybridized carbons (Fsp3) is 0.200. The summed E-state index contributed by atoms with van der Waals surface area (Å²) in [5.41, 5.74) is 13.8. The standard InChI is InChI=1S/C15H18N2O/c1-2-3-11-4-6-12(7-5-11)18-13-8-9-14(16)15(17)10-13/h4-10H,2-3,16-17H2,1H3. The van der Waals surface area contributed by atoms with Crippen molar-refractivity contribution in [3.05, 3.63) is 48.0 Å². The molecule has 0 unspecified atom stereocenters. The lowest BCUT2D eigenvalue weighted by Gasteiger charge is -2.08. The molecule has 0 atom stereocenters. The molecule has 2 aromatic rings. The van der Waals surface area contributed by atoms with Crippen LogP contribution in [0.5, 0.6) is 11.5 Å². The van der Waals surface area contributed by atoms with Gasteiger partial charge in [-0.25, -0.2) is 0 Å². The highest BCUT2D eigenvalue weighted by atomic mass is 16.5. The predicted octanol–water partition coefficient (Wildman–Crippen LogP) is 3.60. The molecule has 0 bridgehead atoms. The third kappa shape index (κ3) is 2.94. The Hall–Kier alpha value is -2.16. The summed E-state index contributed by atoms with van der Waals surface area (Å²) >= 11 is 0. The first-order chi connectivity index (χ1) is 8.69. The lowest BCUT2D eigenvalue weighted by molar-refractivity contribution is 0.483. The second-order valence-electron chi connectivity index (χ2n) is 4.29. The minimum atomic E-state index is 0.537. The Morgan fingerprint density at radius 3 is 2.17 bits per heavy atom. The number of nitrogen functional groups attached to an aromatic ring is 2. The van der Waals surface area contributed by atoms with Crippen molar-refractivity contribution in [3.63, 3.8) is 0 Å². The van der Waals surface area contributed by atoms with Gasteiger partial charge < -0.3 is 16.2 Å². The van der Waals surface area contributed by atoms with Gasteiger partial charge in [0.05, 0.1) is 11.4 Å². The molecule has 94 valence electrons. The number of rotatable bonds is 4. The molecule has 3 heteroatoms. The summed E-state index contributed by atoms with van der Waals surface area (Å²) in [6.45, 7) is 2.17. The van der Waals surface area contributed by atoms with Crippen LogP contribution in [0.4, 0.5) is 11.4 Å². The van der Waals surface area contributed by atoms with E-state index in [2.05, 4.69) is 19.1 Å². The summed E-state index contributed by atoms with van der Waals surface area (Å²) in [5.74, 6) is 1.50. The second-order valence-corrected chi connectivity index (χ2v) is 4.29. The summed E-state index contributed by atoms with van der Waals surface area (Å²) in [6, 6.07) is 13.4. The Morgan fingerprint density at radius 2 is 1.56 bits per heavy atom. The van der Waals surface area contributed by atoms with Crippen LogP contribution >= 0.6 is 0 Å². The largest absolute Gasteiger partial charge is 0.457 e. The van der Waals surface area contributed by atoms with Gasteiger partial charge in [0, 0.05) is 6.07 Å². The van der Waals surface area contributed by atoms with E-state index in [-0.39, 0.29) is 0 Å². The number of nitrogens with two attached hydrogens (primary N) is 2. The Bertz CT molecular complexity index is 521. The SMILES string of the molecule is CCCc1ccc(Oc2ccc(N)c(N)c2)cc1. The minimum absolute atomic E-state index is 0.537. The average Bonchev–Trinajstić information content (AvgIpc) is 2.37. The molecule has 0 aliphatic rings. The summed E-state index contributed by atoms with van der Waals surface area (Å²) in [5, 5.41) is 0. The van der Waals surface area contributed by atoms with Crippen molar-refractivity contribution in [3.8, 4) is 11.5 Å². The Morgan fingerprint density at radius 1 is 0.889 bits per heavy atom. The van der Waals surface area contributed by atoms with Gasteiger partial charge in [0.2, 0.25) is 0 Å². The number of aryl methyl sites for hydroxylation is 1. The Kier molecular flexibility index (Phi) is 3.72. The van der Waals surface area contributed by atoms with Crippen molar-refractivity contribution in [2.75, 3.05) is 11.5 Å². The van der Waals surface area contributed by atoms with Gasteiger partial charge in [-0.05, 0) is 36.2 Å². The summed E-state index contributed by atoms with van der Waals surface area (Å²) in [4.78, 5) is 0. The minimum Gasteiger partial charge on any atom is -0.457 e. The molecule has 0 saturated carbocycles. The van der Waals surface area contributed by atoms with Crippen molar-refractivity contribution in [2.45, 2.75) is 19.8 Å². The van der Waals surface area contributed by atoms with Crippen LogP contribution in [0, 0.1) is 0 Å². The van der Waals surface area contributed by atoms with Crippen LogP contribution in [-0.4, -0.2) is 0 Å². The van der Waals surface area contributed by atoms with Crippen LogP contribution in [0.25, 0.3) is 0 Å². The van der Waals surface area contributed by atoms with Crippen molar-refractivity contribution in [1.82, 2.24) is 0 Å². The number of hydrogen-bond acceptors (Lipinski definition) is 3. The first-order valence-electron chi connectivity index (χ1n) is 6.11. The highest BCUT2D eigenvalue weighted by Gasteiger charge is 2.00. The van der Waals surface area contributed by atoms with E-state index in [1.807, 2.05) is 18.2 Å². The molecular weight excluding hydrogens is 224 g/mol. The van der Waals surface area contributed by atoms with E-state index in [4.69, 9.17) is 16.2 Å². The van der Waals surface area contributed by atoms with E-state index in [9.17, 15) is 0 Å². The van der Waals surface area contributed by atoms with E-state index in [1.54, 1.807) is 12.1 Å². The van der Waals surface area contributed by atoms with Gasteiger partial charge in [0.15, 0.2) is 0 Å². The molecule has 0 heterocycles. The fourth-order valence-electron chi connectivity index (χ4n) is 1.77. The molecule has 4 N–H and O–H groups in total. The van der Waals surface area contributed by atoms with E-state index >= 15 is 0 Å². The van der Waals surface area contributed by atoms with E-state index in [1.165, 1.54) is 5.56 Å². The van der Waals surface area contributed by atoms with Crippen LogP contribution in [0.3, 0.4) is 0 Å². The van der Waals surface area contributed by atoms with Gasteiger partial charge in [-0.15, -0.1) is 0 Å². The summed E-state index contributed by atoms with van der Waals surface area (Å²) < 4.78 is 5.71. The maximum absolute atomic E-state index is 5.73. The lowest BCUT2D eigenvalue weighted by atomic mass is 10.1. The van der Waals surface area contributed by atoms with Crippen molar-refractivity contribution >= 4 is 11.4 Å². The molecule has 2 rings (SSSR count). The monoisotopic (exact) mass is 242 g/mol. The lowest BCUT2D eigenvalue weighted by Crippen LogP contribution is -1.94. The molecule has 0 aromatic heterocycles. The zero-order chi connectivity index (χ0) is 13.0. The van der Waals surface area contributed by atoms with Crippen molar-refractivity contribution < 1.29 is 4.74 Å². The topological polar surface area (TPSA) is 61.3 Å². The molecule has 0 fully saturated rings. The smallest absolute Gasteiger partial charge is 0.129 e. The fourth-order valence-corrected chi connectivity index (χ4v) is 1.77. The number of ether oxygens (including phenoxy) is 1. The van der Waals surface area contributed by atoms with Crippen LogP contribution in [0.15, 0.2) is 42.5 Å². The quantitative estimate of drug-likeness (QED) is 0.805. The maximum atomic E-state index is 5.73.